The van der Waals surface area contributed by atoms with Gasteiger partial charge in [-0.3, -0.25) is 4.79 Å². The van der Waals surface area contributed by atoms with Gasteiger partial charge in [0, 0.05) is 6.54 Å². The second-order valence-corrected chi connectivity index (χ2v) is 10.1. The van der Waals surface area contributed by atoms with E-state index in [1.807, 2.05) is 74.5 Å². The Morgan fingerprint density at radius 1 is 0.909 bits per heavy atom. The third kappa shape index (κ3) is 6.91. The summed E-state index contributed by atoms with van der Waals surface area (Å²) >= 11 is 0. The highest BCUT2D eigenvalue weighted by Gasteiger charge is 2.18. The van der Waals surface area contributed by atoms with Gasteiger partial charge in [0.15, 0.2) is 6.61 Å². The van der Waals surface area contributed by atoms with E-state index in [2.05, 4.69) is 10.0 Å². The van der Waals surface area contributed by atoms with Crippen LogP contribution >= 0.6 is 0 Å². The van der Waals surface area contributed by atoms with Crippen LogP contribution < -0.4 is 14.8 Å². The Labute approximate surface area is 196 Å². The maximum atomic E-state index is 12.7. The highest BCUT2D eigenvalue weighted by Crippen LogP contribution is 2.23. The fourth-order valence-electron chi connectivity index (χ4n) is 3.31. The Morgan fingerprint density at radius 2 is 1.48 bits per heavy atom. The molecule has 6 nitrogen and oxygen atoms in total. The second kappa shape index (κ2) is 11.1. The number of hydrogen-bond donors (Lipinski definition) is 2. The monoisotopic (exact) mass is 466 g/mol. The molecule has 0 aromatic heterocycles. The molecule has 2 N–H and O–H groups in total. The molecule has 0 bridgehead atoms. The molecule has 0 fully saturated rings. The number of carbonyl (C=O) groups is 1. The molecule has 1 amide bonds. The standard InChI is InChI=1S/C26H30N2O4S/c1-19(2)17-27-33(30,31)23-14-15-24(20(3)16-23)32-18-25(29)28-26(21-10-6-4-7-11-21)22-12-8-5-9-13-22/h4-16,19,26-27H,17-18H2,1-3H3,(H,28,29). The molecule has 0 saturated carbocycles. The SMILES string of the molecule is Cc1cc(S(=O)(=O)NCC(C)C)ccc1OCC(=O)NC(c1ccccc1)c1ccccc1. The number of ether oxygens (including phenoxy) is 1. The fourth-order valence-corrected chi connectivity index (χ4v) is 4.61. The Hall–Kier alpha value is -3.16. The third-order valence-corrected chi connectivity index (χ3v) is 6.49. The van der Waals surface area contributed by atoms with Gasteiger partial charge in [-0.25, -0.2) is 13.1 Å². The van der Waals surface area contributed by atoms with Crippen LogP contribution in [0.2, 0.25) is 0 Å². The molecule has 7 heteroatoms. The van der Waals surface area contributed by atoms with Crippen LogP contribution in [-0.4, -0.2) is 27.5 Å². The molecule has 0 aliphatic carbocycles. The second-order valence-electron chi connectivity index (χ2n) is 8.28. The molecule has 0 radical (unpaired) electrons. The number of aryl methyl sites for hydroxylation is 1. The summed E-state index contributed by atoms with van der Waals surface area (Å²) < 4.78 is 33.2. The number of amides is 1. The summed E-state index contributed by atoms with van der Waals surface area (Å²) in [5, 5.41) is 3.03. The van der Waals surface area contributed by atoms with E-state index in [0.717, 1.165) is 11.1 Å². The van der Waals surface area contributed by atoms with Gasteiger partial charge in [0.25, 0.3) is 5.91 Å². The predicted octanol–water partition coefficient (Wildman–Crippen LogP) is 4.21. The van der Waals surface area contributed by atoms with Gasteiger partial charge < -0.3 is 10.1 Å². The summed E-state index contributed by atoms with van der Waals surface area (Å²) in [4.78, 5) is 12.9. The van der Waals surface area contributed by atoms with Gasteiger partial charge in [-0.15, -0.1) is 0 Å². The molecule has 33 heavy (non-hydrogen) atoms. The van der Waals surface area contributed by atoms with Crippen molar-refractivity contribution >= 4 is 15.9 Å². The number of sulfonamides is 1. The van der Waals surface area contributed by atoms with Crippen molar-refractivity contribution in [2.24, 2.45) is 5.92 Å². The Bertz CT molecular complexity index is 1120. The average Bonchev–Trinajstić information content (AvgIpc) is 2.81. The zero-order valence-electron chi connectivity index (χ0n) is 19.1. The molecule has 0 atom stereocenters. The normalized spacial score (nSPS) is 11.5. The molecule has 3 aromatic rings. The highest BCUT2D eigenvalue weighted by molar-refractivity contribution is 7.89. The van der Waals surface area contributed by atoms with Crippen molar-refractivity contribution in [3.05, 3.63) is 95.6 Å². The number of rotatable bonds is 10. The Kier molecular flexibility index (Phi) is 8.25. The van der Waals surface area contributed by atoms with E-state index in [4.69, 9.17) is 4.74 Å². The number of benzene rings is 3. The fraction of sp³-hybridized carbons (Fsp3) is 0.269. The van der Waals surface area contributed by atoms with E-state index in [9.17, 15) is 13.2 Å². The lowest BCUT2D eigenvalue weighted by molar-refractivity contribution is -0.123. The topological polar surface area (TPSA) is 84.5 Å². The van der Waals surface area contributed by atoms with E-state index in [1.165, 1.54) is 6.07 Å². The third-order valence-electron chi connectivity index (χ3n) is 5.07. The number of carbonyl (C=O) groups excluding carboxylic acids is 1. The molecule has 0 saturated heterocycles. The lowest BCUT2D eigenvalue weighted by Gasteiger charge is -2.20. The average molecular weight is 467 g/mol. The van der Waals surface area contributed by atoms with Gasteiger partial charge in [-0.05, 0) is 47.7 Å². The van der Waals surface area contributed by atoms with Crippen LogP contribution in [0.1, 0.15) is 36.6 Å². The van der Waals surface area contributed by atoms with Crippen LogP contribution in [0.25, 0.3) is 0 Å². The Balaban J connectivity index is 1.67. The molecule has 0 aliphatic heterocycles. The number of nitrogens with one attached hydrogen (secondary N) is 2. The quantitative estimate of drug-likeness (QED) is 0.469. The van der Waals surface area contributed by atoms with E-state index in [-0.39, 0.29) is 29.4 Å². The smallest absolute Gasteiger partial charge is 0.258 e. The zero-order valence-corrected chi connectivity index (χ0v) is 19.9. The zero-order chi connectivity index (χ0) is 23.8. The van der Waals surface area contributed by atoms with E-state index < -0.39 is 10.0 Å². The van der Waals surface area contributed by atoms with Crippen LogP contribution in [0.15, 0.2) is 83.8 Å². The molecule has 174 valence electrons. The van der Waals surface area contributed by atoms with Crippen molar-refractivity contribution in [1.82, 2.24) is 10.0 Å². The van der Waals surface area contributed by atoms with Gasteiger partial charge in [0.1, 0.15) is 5.75 Å². The van der Waals surface area contributed by atoms with Crippen LogP contribution in [-0.2, 0) is 14.8 Å². The lowest BCUT2D eigenvalue weighted by Crippen LogP contribution is -2.33. The summed E-state index contributed by atoms with van der Waals surface area (Å²) in [5.41, 5.74) is 2.58. The molecule has 0 spiro atoms. The first-order valence-corrected chi connectivity index (χ1v) is 12.4. The van der Waals surface area contributed by atoms with Crippen LogP contribution in [0.4, 0.5) is 0 Å². The molecule has 3 rings (SSSR count). The van der Waals surface area contributed by atoms with Crippen LogP contribution in [0.5, 0.6) is 5.75 Å². The largest absolute Gasteiger partial charge is 0.484 e. The van der Waals surface area contributed by atoms with Crippen molar-refractivity contribution in [3.8, 4) is 5.75 Å². The molecular weight excluding hydrogens is 436 g/mol. The highest BCUT2D eigenvalue weighted by atomic mass is 32.2. The van der Waals surface area contributed by atoms with Gasteiger partial charge >= 0.3 is 0 Å². The van der Waals surface area contributed by atoms with Gasteiger partial charge in [0.05, 0.1) is 10.9 Å². The first-order valence-electron chi connectivity index (χ1n) is 10.9. The molecule has 3 aromatic carbocycles. The Morgan fingerprint density at radius 3 is 2.00 bits per heavy atom. The summed E-state index contributed by atoms with van der Waals surface area (Å²) in [6.45, 7) is 5.82. The first-order chi connectivity index (χ1) is 15.8. The lowest BCUT2D eigenvalue weighted by atomic mass is 9.99. The summed E-state index contributed by atoms with van der Waals surface area (Å²) in [6, 6.07) is 23.8. The van der Waals surface area contributed by atoms with Gasteiger partial charge in [-0.1, -0.05) is 74.5 Å². The maximum absolute atomic E-state index is 12.7. The minimum Gasteiger partial charge on any atom is -0.484 e. The van der Waals surface area contributed by atoms with Crippen molar-refractivity contribution in [2.75, 3.05) is 13.2 Å². The van der Waals surface area contributed by atoms with Crippen molar-refractivity contribution in [3.63, 3.8) is 0 Å². The van der Waals surface area contributed by atoms with Crippen LogP contribution in [0, 0.1) is 12.8 Å². The van der Waals surface area contributed by atoms with Gasteiger partial charge in [-0.2, -0.15) is 0 Å². The molecule has 0 heterocycles. The summed E-state index contributed by atoms with van der Waals surface area (Å²) in [5.74, 6) is 0.393. The minimum atomic E-state index is -3.59. The number of hydrogen-bond acceptors (Lipinski definition) is 4. The van der Waals surface area contributed by atoms with E-state index >= 15 is 0 Å². The molecular formula is C26H30N2O4S. The summed E-state index contributed by atoms with van der Waals surface area (Å²) in [7, 11) is -3.59. The maximum Gasteiger partial charge on any atom is 0.258 e. The van der Waals surface area contributed by atoms with Crippen molar-refractivity contribution < 1.29 is 17.9 Å². The van der Waals surface area contributed by atoms with Crippen LogP contribution in [0.3, 0.4) is 0 Å². The molecule has 0 unspecified atom stereocenters. The predicted molar refractivity (Wildman–Crippen MR) is 130 cm³/mol. The first kappa shape index (κ1) is 24.5. The molecule has 0 aliphatic rings. The minimum absolute atomic E-state index is 0.172. The van der Waals surface area contributed by atoms with Gasteiger partial charge in [0.2, 0.25) is 10.0 Å². The van der Waals surface area contributed by atoms with E-state index in [1.54, 1.807) is 19.1 Å². The summed E-state index contributed by atoms with van der Waals surface area (Å²) in [6.07, 6.45) is 0. The van der Waals surface area contributed by atoms with Crippen molar-refractivity contribution in [1.29, 1.82) is 0 Å². The van der Waals surface area contributed by atoms with Crippen molar-refractivity contribution in [2.45, 2.75) is 31.7 Å². The van der Waals surface area contributed by atoms with E-state index in [0.29, 0.717) is 17.9 Å².